The van der Waals surface area contributed by atoms with Crippen LogP contribution in [0.2, 0.25) is 0 Å². The van der Waals surface area contributed by atoms with Crippen molar-refractivity contribution in [2.24, 2.45) is 0 Å². The molecule has 0 aliphatic heterocycles. The molecule has 0 heterocycles. The first-order valence-electron chi connectivity index (χ1n) is 1.74. The van der Waals surface area contributed by atoms with Crippen LogP contribution in [0, 0.1) is 0 Å². The zero-order chi connectivity index (χ0) is 8.73. The van der Waals surface area contributed by atoms with Gasteiger partial charge >= 0.3 is 62.6 Å². The third kappa shape index (κ3) is 59.1. The predicted octanol–water partition coefficient (Wildman–Crippen LogP) is -12.5. The van der Waals surface area contributed by atoms with Crippen LogP contribution in [-0.4, -0.2) is 18.1 Å². The molecule has 0 fully saturated rings. The maximum Gasteiger partial charge on any atom is 1.00 e. The fourth-order valence-electron chi connectivity index (χ4n) is 0. The third-order valence-corrected chi connectivity index (χ3v) is 0.466. The number of halogens is 2. The number of carbonyl (C=O) groups is 2. The van der Waals surface area contributed by atoms with Gasteiger partial charge in [-0.1, -0.05) is 0 Å². The van der Waals surface area contributed by atoms with E-state index in [4.69, 9.17) is 19.9 Å². The number of hydrogen-bond acceptors (Lipinski definition) is 5. The molecule has 0 aromatic carbocycles. The monoisotopic (exact) mass is 234 g/mol. The van der Waals surface area contributed by atoms with Crippen LogP contribution in [0.5, 0.6) is 0 Å². The maximum absolute atomic E-state index is 10.8. The molecule has 0 aromatic heterocycles. The first-order chi connectivity index (χ1) is 4.37. The van der Waals surface area contributed by atoms with Crippen molar-refractivity contribution in [2.45, 2.75) is 0 Å². The average molecular weight is 235 g/mol. The number of carbonyl (C=O) groups excluding carboxylic acids is 2. The van der Waals surface area contributed by atoms with Gasteiger partial charge in [-0.3, -0.25) is 16.9 Å². The Morgan fingerprint density at radius 3 is 1.15 bits per heavy atom. The third-order valence-electron chi connectivity index (χ3n) is 0.155. The quantitative estimate of drug-likeness (QED) is 0.255. The molecule has 58 valence electrons. The van der Waals surface area contributed by atoms with Gasteiger partial charge in [0.1, 0.15) is 0 Å². The Bertz CT molecular complexity index is 122. The molecule has 5 nitrogen and oxygen atoms in total. The summed E-state index contributed by atoms with van der Waals surface area (Å²) < 4.78 is 9.55. The molecule has 0 atom stereocenters. The van der Waals surface area contributed by atoms with Crippen LogP contribution in [-0.2, 0) is 9.59 Å². The Hall–Kier alpha value is 1.49. The van der Waals surface area contributed by atoms with E-state index in [1.165, 1.54) is 0 Å². The van der Waals surface area contributed by atoms with Crippen molar-refractivity contribution >= 4 is 34.0 Å². The second kappa shape index (κ2) is 19.1. The van der Waals surface area contributed by atoms with E-state index in [0.717, 1.165) is 0 Å². The van der Waals surface area contributed by atoms with Gasteiger partial charge in [0.05, 0.1) is 0 Å². The number of rotatable bonds is 1. The number of hydrogen-bond donors (Lipinski definition) is 0. The molecule has 0 aliphatic rings. The van der Waals surface area contributed by atoms with Crippen molar-refractivity contribution in [1.29, 1.82) is 0 Å². The summed E-state index contributed by atoms with van der Waals surface area (Å²) in [5, 5.41) is 25.2. The van der Waals surface area contributed by atoms with E-state index in [0.29, 0.717) is 0 Å². The topological polar surface area (TPSA) is 103 Å². The van der Waals surface area contributed by atoms with Gasteiger partial charge in [0, 0.05) is 15.9 Å². The summed E-state index contributed by atoms with van der Waals surface area (Å²) in [5.41, 5.74) is 0. The van der Waals surface area contributed by atoms with E-state index >= 15 is 0 Å². The maximum atomic E-state index is 10.8. The van der Waals surface area contributed by atoms with Crippen LogP contribution >= 0.6 is 15.9 Å². The van der Waals surface area contributed by atoms with Crippen LogP contribution in [0.25, 0.3) is 0 Å². The Kier molecular flexibility index (Phi) is 43.1. The molecule has 0 spiro atoms. The molecule has 0 amide bonds. The summed E-state index contributed by atoms with van der Waals surface area (Å²) in [4.78, 5) is 18.4. The van der Waals surface area contributed by atoms with Crippen LogP contribution in [0.1, 0.15) is 0 Å². The second-order valence-corrected chi connectivity index (χ2v) is 1.56. The van der Waals surface area contributed by atoms with Gasteiger partial charge in [-0.15, -0.1) is 0 Å². The molecule has 0 saturated carbocycles. The van der Waals surface area contributed by atoms with Gasteiger partial charge in [-0.05, 0) is 0 Å². The van der Waals surface area contributed by atoms with Crippen LogP contribution in [0.4, 0.5) is 4.39 Å². The van der Waals surface area contributed by atoms with Crippen LogP contribution < -0.4 is 71.7 Å². The summed E-state index contributed by atoms with van der Waals surface area (Å²) in [6, 6.07) is -1.96. The molecule has 0 rings (SSSR count). The first kappa shape index (κ1) is 29.3. The van der Waals surface area contributed by atoms with Gasteiger partial charge in [-0.25, -0.2) is 0 Å². The van der Waals surface area contributed by atoms with Gasteiger partial charge in [0.2, 0.25) is 0 Å². The summed E-state index contributed by atoms with van der Waals surface area (Å²) in [5.74, 6) is 0. The fourth-order valence-corrected chi connectivity index (χ4v) is 0. The normalized spacial score (nSPS) is 5.62. The molecule has 0 aliphatic carbocycles. The molecule has 0 aromatic rings. The van der Waals surface area contributed by atoms with E-state index in [1.54, 1.807) is 0 Å². The zero-order valence-electron chi connectivity index (χ0n) is 7.37. The van der Waals surface area contributed by atoms with E-state index in [1.807, 2.05) is 0 Å². The minimum absolute atomic E-state index is 0. The summed E-state index contributed by atoms with van der Waals surface area (Å²) >= 11 is 2.08. The molecule has 0 saturated heterocycles. The Morgan fingerprint density at radius 2 is 1.15 bits per heavy atom. The van der Waals surface area contributed by atoms with Crippen molar-refractivity contribution in [3.8, 4) is 0 Å². The Balaban J connectivity index is -0.0000000279. The van der Waals surface area contributed by atoms with Crippen LogP contribution in [0.15, 0.2) is 0 Å². The van der Waals surface area contributed by atoms with Crippen LogP contribution in [0.3, 0.4) is 0 Å². The van der Waals surface area contributed by atoms with Crippen molar-refractivity contribution < 1.29 is 85.6 Å². The van der Waals surface area contributed by atoms with E-state index in [2.05, 4.69) is 15.9 Å². The second-order valence-electron chi connectivity index (χ2n) is 0.836. The van der Waals surface area contributed by atoms with E-state index in [-0.39, 0.29) is 56.6 Å². The summed E-state index contributed by atoms with van der Waals surface area (Å²) in [6.07, 6.45) is 0. The largest absolute Gasteiger partial charge is 1.00 e. The Morgan fingerprint density at radius 1 is 1.08 bits per heavy atom. The van der Waals surface area contributed by atoms with Gasteiger partial charge in [0.25, 0.3) is 4.69 Å². The summed E-state index contributed by atoms with van der Waals surface area (Å²) in [7, 11) is -2.92. The molecule has 0 radical (unpaired) electrons. The minimum atomic E-state index is -2.92. The predicted molar refractivity (Wildman–Crippen MR) is 25.8 cm³/mol. The zero-order valence-corrected chi connectivity index (χ0v) is 8.96. The van der Waals surface area contributed by atoms with Gasteiger partial charge < -0.3 is 15.1 Å². The molecule has 11 heteroatoms. The molecule has 13 heavy (non-hydrogen) atoms. The molecular formula is C2BBrFLi3O5. The van der Waals surface area contributed by atoms with Crippen molar-refractivity contribution in [3.63, 3.8) is 0 Å². The van der Waals surface area contributed by atoms with Gasteiger partial charge in [0.15, 0.2) is 0 Å². The van der Waals surface area contributed by atoms with Crippen molar-refractivity contribution in [1.82, 2.24) is 0 Å². The first-order valence-corrected chi connectivity index (χ1v) is 2.54. The Labute approximate surface area is 119 Å². The van der Waals surface area contributed by atoms with Crippen molar-refractivity contribution in [3.05, 3.63) is 0 Å². The van der Waals surface area contributed by atoms with Gasteiger partial charge in [-0.2, -0.15) is 4.39 Å². The molecular weight excluding hydrogens is 235 g/mol. The molecule has 0 unspecified atom stereocenters. The standard InChI is InChI=1S/C2BrFO2.BO3.3Li/c3-1(5)2(4)6;2-1(3)4;;;/q;-3;3*+1. The SMILES string of the molecule is O=C(F)C(=O)Br.[Li+].[Li+].[Li+].[O-]B([O-])[O-]. The molecule has 0 N–H and O–H groups in total. The minimum Gasteiger partial charge on any atom is -0.907 e. The van der Waals surface area contributed by atoms with Crippen molar-refractivity contribution in [2.75, 3.05) is 0 Å². The fraction of sp³-hybridized carbons (Fsp3) is 0. The average Bonchev–Trinajstić information content (AvgIpc) is 1.63. The molecule has 0 bridgehead atoms. The van der Waals surface area contributed by atoms with E-state index in [9.17, 15) is 9.18 Å². The smallest absolute Gasteiger partial charge is 0.907 e. The van der Waals surface area contributed by atoms with E-state index < -0.39 is 18.1 Å². The summed E-state index contributed by atoms with van der Waals surface area (Å²) in [6.45, 7) is 0.